The quantitative estimate of drug-likeness (QED) is 0.597. The summed E-state index contributed by atoms with van der Waals surface area (Å²) in [5.74, 6) is 0.420. The number of phenolic OH excluding ortho intramolecular Hbond substituents is 1. The Morgan fingerprint density at radius 3 is 2.73 bits per heavy atom. The van der Waals surface area contributed by atoms with Gasteiger partial charge in [0.05, 0.1) is 5.92 Å². The normalized spacial score (nSPS) is 16.5. The highest BCUT2D eigenvalue weighted by Gasteiger charge is 2.24. The molecule has 0 amide bonds. The van der Waals surface area contributed by atoms with Gasteiger partial charge in [-0.25, -0.2) is 0 Å². The third-order valence-electron chi connectivity index (χ3n) is 2.72. The summed E-state index contributed by atoms with van der Waals surface area (Å²) in [5.41, 5.74) is 0. The zero-order valence-corrected chi connectivity index (χ0v) is 8.48. The maximum absolute atomic E-state index is 11.6. The summed E-state index contributed by atoms with van der Waals surface area (Å²) < 4.78 is 5.18. The molecule has 1 aromatic rings. The van der Waals surface area contributed by atoms with Crippen molar-refractivity contribution in [3.63, 3.8) is 0 Å². The van der Waals surface area contributed by atoms with E-state index in [0.29, 0.717) is 5.75 Å². The van der Waals surface area contributed by atoms with Crippen LogP contribution >= 0.6 is 0 Å². The molecule has 15 heavy (non-hydrogen) atoms. The average molecular weight is 206 g/mol. The number of phenols is 1. The summed E-state index contributed by atoms with van der Waals surface area (Å²) in [4.78, 5) is 11.6. The van der Waals surface area contributed by atoms with Crippen LogP contribution in [-0.4, -0.2) is 11.1 Å². The molecule has 1 aliphatic rings. The summed E-state index contributed by atoms with van der Waals surface area (Å²) in [6.45, 7) is 0. The summed E-state index contributed by atoms with van der Waals surface area (Å²) in [5, 5.41) is 9.20. The van der Waals surface area contributed by atoms with E-state index in [1.807, 2.05) is 0 Å². The molecule has 0 aromatic heterocycles. The van der Waals surface area contributed by atoms with Crippen molar-refractivity contribution >= 4 is 5.97 Å². The lowest BCUT2D eigenvalue weighted by atomic mass is 10.1. The Balaban J connectivity index is 1.99. The van der Waals surface area contributed by atoms with Gasteiger partial charge in [0.15, 0.2) is 0 Å². The number of carbonyl (C=O) groups excluding carboxylic acids is 1. The number of esters is 1. The molecule has 0 radical (unpaired) electrons. The Bertz CT molecular complexity index is 354. The Kier molecular flexibility index (Phi) is 2.90. The van der Waals surface area contributed by atoms with Gasteiger partial charge in [-0.2, -0.15) is 0 Å². The van der Waals surface area contributed by atoms with Gasteiger partial charge in [-0.3, -0.25) is 4.79 Å². The second-order valence-electron chi connectivity index (χ2n) is 3.90. The standard InChI is InChI=1S/C12H14O3/c13-10-6-3-7-11(8-10)15-12(14)9-4-1-2-5-9/h3,6-9,13H,1-2,4-5H2. The molecule has 1 fully saturated rings. The van der Waals surface area contributed by atoms with Gasteiger partial charge in [0.2, 0.25) is 0 Å². The molecule has 1 aromatic carbocycles. The van der Waals surface area contributed by atoms with Crippen LogP contribution in [0.4, 0.5) is 0 Å². The van der Waals surface area contributed by atoms with E-state index in [1.165, 1.54) is 6.07 Å². The summed E-state index contributed by atoms with van der Waals surface area (Å²) in [6, 6.07) is 6.33. The van der Waals surface area contributed by atoms with E-state index < -0.39 is 0 Å². The van der Waals surface area contributed by atoms with Gasteiger partial charge >= 0.3 is 5.97 Å². The zero-order valence-electron chi connectivity index (χ0n) is 8.48. The van der Waals surface area contributed by atoms with Crippen LogP contribution in [0.2, 0.25) is 0 Å². The third-order valence-corrected chi connectivity index (χ3v) is 2.72. The zero-order chi connectivity index (χ0) is 10.7. The van der Waals surface area contributed by atoms with Crippen molar-refractivity contribution in [2.45, 2.75) is 25.7 Å². The maximum Gasteiger partial charge on any atom is 0.314 e. The second-order valence-corrected chi connectivity index (χ2v) is 3.90. The highest BCUT2D eigenvalue weighted by atomic mass is 16.5. The van der Waals surface area contributed by atoms with Gasteiger partial charge in [0.1, 0.15) is 11.5 Å². The molecule has 3 nitrogen and oxygen atoms in total. The first-order valence-electron chi connectivity index (χ1n) is 5.26. The number of aromatic hydroxyl groups is 1. The Morgan fingerprint density at radius 1 is 1.33 bits per heavy atom. The van der Waals surface area contributed by atoms with E-state index in [-0.39, 0.29) is 17.6 Å². The second kappa shape index (κ2) is 4.34. The predicted octanol–water partition coefficient (Wildman–Crippen LogP) is 2.49. The molecule has 0 aliphatic heterocycles. The molecule has 0 spiro atoms. The first kappa shape index (κ1) is 10.0. The molecule has 2 rings (SSSR count). The molecular formula is C12H14O3. The van der Waals surface area contributed by atoms with Crippen molar-refractivity contribution < 1.29 is 14.6 Å². The number of hydrogen-bond donors (Lipinski definition) is 1. The van der Waals surface area contributed by atoms with E-state index in [1.54, 1.807) is 18.2 Å². The minimum absolute atomic E-state index is 0.0485. The van der Waals surface area contributed by atoms with Crippen molar-refractivity contribution in [1.29, 1.82) is 0 Å². The van der Waals surface area contributed by atoms with Crippen LogP contribution in [0.25, 0.3) is 0 Å². The summed E-state index contributed by atoms with van der Waals surface area (Å²) >= 11 is 0. The minimum Gasteiger partial charge on any atom is -0.508 e. The highest BCUT2D eigenvalue weighted by Crippen LogP contribution is 2.27. The van der Waals surface area contributed by atoms with Gasteiger partial charge in [0, 0.05) is 6.07 Å². The van der Waals surface area contributed by atoms with Crippen LogP contribution in [0.3, 0.4) is 0 Å². The molecule has 1 N–H and O–H groups in total. The van der Waals surface area contributed by atoms with Crippen LogP contribution < -0.4 is 4.74 Å². The van der Waals surface area contributed by atoms with Gasteiger partial charge < -0.3 is 9.84 Å². The summed E-state index contributed by atoms with van der Waals surface area (Å²) in [6.07, 6.45) is 4.08. The van der Waals surface area contributed by atoms with Crippen molar-refractivity contribution in [3.8, 4) is 11.5 Å². The van der Waals surface area contributed by atoms with Gasteiger partial charge in [0.25, 0.3) is 0 Å². The van der Waals surface area contributed by atoms with Crippen molar-refractivity contribution in [1.82, 2.24) is 0 Å². The highest BCUT2D eigenvalue weighted by molar-refractivity contribution is 5.75. The molecule has 3 heteroatoms. The number of rotatable bonds is 2. The lowest BCUT2D eigenvalue weighted by Gasteiger charge is -2.08. The van der Waals surface area contributed by atoms with E-state index in [9.17, 15) is 9.90 Å². The number of ether oxygens (including phenoxy) is 1. The fourth-order valence-electron chi connectivity index (χ4n) is 1.91. The van der Waals surface area contributed by atoms with Gasteiger partial charge in [-0.1, -0.05) is 18.9 Å². The van der Waals surface area contributed by atoms with Crippen LogP contribution in [0.5, 0.6) is 11.5 Å². The maximum atomic E-state index is 11.6. The Labute approximate surface area is 88.7 Å². The number of benzene rings is 1. The molecule has 1 aliphatic carbocycles. The first-order valence-corrected chi connectivity index (χ1v) is 5.26. The van der Waals surface area contributed by atoms with Crippen LogP contribution in [-0.2, 0) is 4.79 Å². The minimum atomic E-state index is -0.168. The van der Waals surface area contributed by atoms with Crippen LogP contribution in [0, 0.1) is 5.92 Å². The molecule has 1 saturated carbocycles. The van der Waals surface area contributed by atoms with Crippen molar-refractivity contribution in [3.05, 3.63) is 24.3 Å². The van der Waals surface area contributed by atoms with E-state index >= 15 is 0 Å². The van der Waals surface area contributed by atoms with E-state index in [0.717, 1.165) is 25.7 Å². The monoisotopic (exact) mass is 206 g/mol. The lowest BCUT2D eigenvalue weighted by Crippen LogP contribution is -2.17. The number of hydrogen-bond acceptors (Lipinski definition) is 3. The molecular weight excluding hydrogens is 192 g/mol. The molecule has 0 saturated heterocycles. The fourth-order valence-corrected chi connectivity index (χ4v) is 1.91. The number of carbonyl (C=O) groups is 1. The van der Waals surface area contributed by atoms with E-state index in [2.05, 4.69) is 0 Å². The lowest BCUT2D eigenvalue weighted by molar-refractivity contribution is -0.138. The first-order chi connectivity index (χ1) is 7.25. The van der Waals surface area contributed by atoms with Crippen molar-refractivity contribution in [2.24, 2.45) is 5.92 Å². The molecule has 0 bridgehead atoms. The smallest absolute Gasteiger partial charge is 0.314 e. The average Bonchev–Trinajstić information content (AvgIpc) is 2.70. The Hall–Kier alpha value is -1.51. The van der Waals surface area contributed by atoms with Gasteiger partial charge in [-0.15, -0.1) is 0 Å². The molecule has 80 valence electrons. The molecule has 0 atom stereocenters. The SMILES string of the molecule is O=C(Oc1cccc(O)c1)C1CCCC1. The van der Waals surface area contributed by atoms with Crippen molar-refractivity contribution in [2.75, 3.05) is 0 Å². The van der Waals surface area contributed by atoms with E-state index in [4.69, 9.17) is 4.74 Å². The predicted molar refractivity (Wildman–Crippen MR) is 55.7 cm³/mol. The summed E-state index contributed by atoms with van der Waals surface area (Å²) in [7, 11) is 0. The largest absolute Gasteiger partial charge is 0.508 e. The topological polar surface area (TPSA) is 46.5 Å². The third kappa shape index (κ3) is 2.49. The van der Waals surface area contributed by atoms with Gasteiger partial charge in [-0.05, 0) is 25.0 Å². The molecule has 0 unspecified atom stereocenters. The van der Waals surface area contributed by atoms with Crippen LogP contribution in [0.15, 0.2) is 24.3 Å². The molecule has 0 heterocycles. The fraction of sp³-hybridized carbons (Fsp3) is 0.417. The Morgan fingerprint density at radius 2 is 2.07 bits per heavy atom. The van der Waals surface area contributed by atoms with Crippen LogP contribution in [0.1, 0.15) is 25.7 Å².